The molecule has 3 unspecified atom stereocenters. The summed E-state index contributed by atoms with van der Waals surface area (Å²) in [4.78, 5) is 0. The van der Waals surface area contributed by atoms with Crippen molar-refractivity contribution in [3.8, 4) is 0 Å². The molecule has 0 aliphatic heterocycles. The van der Waals surface area contributed by atoms with Gasteiger partial charge in [0.05, 0.1) is 0 Å². The van der Waals surface area contributed by atoms with Crippen LogP contribution in [-0.2, 0) is 0 Å². The number of allylic oxidation sites excluding steroid dienone is 2. The molecule has 14 heavy (non-hydrogen) atoms. The fraction of sp³-hybridized carbons (Fsp3) is 0.857. The van der Waals surface area contributed by atoms with Crippen LogP contribution >= 0.6 is 0 Å². The van der Waals surface area contributed by atoms with Gasteiger partial charge in [0.25, 0.3) is 0 Å². The smallest absolute Gasteiger partial charge is 0.0101 e. The Kier molecular flexibility index (Phi) is 3.80. The van der Waals surface area contributed by atoms with E-state index in [9.17, 15) is 0 Å². The van der Waals surface area contributed by atoms with Crippen LogP contribution in [0.25, 0.3) is 0 Å². The van der Waals surface area contributed by atoms with Crippen molar-refractivity contribution in [1.82, 2.24) is 0 Å². The van der Waals surface area contributed by atoms with Crippen molar-refractivity contribution in [2.24, 2.45) is 29.6 Å². The van der Waals surface area contributed by atoms with E-state index in [0.29, 0.717) is 0 Å². The van der Waals surface area contributed by atoms with Gasteiger partial charge in [-0.3, -0.25) is 0 Å². The summed E-state index contributed by atoms with van der Waals surface area (Å²) in [5.41, 5.74) is 1.74. The summed E-state index contributed by atoms with van der Waals surface area (Å²) < 4.78 is 0. The van der Waals surface area contributed by atoms with Crippen LogP contribution in [0.5, 0.6) is 0 Å². The molecule has 0 N–H and O–H groups in total. The normalized spacial score (nSPS) is 31.6. The van der Waals surface area contributed by atoms with Gasteiger partial charge in [-0.1, -0.05) is 52.7 Å². The fourth-order valence-electron chi connectivity index (χ4n) is 3.16. The molecule has 1 fully saturated rings. The Morgan fingerprint density at radius 1 is 1.14 bits per heavy atom. The SMILES string of the molecule is CC=C1C(C(C)C)C1C(CC)C(C)C. The van der Waals surface area contributed by atoms with E-state index in [1.807, 2.05) is 0 Å². The molecule has 3 atom stereocenters. The molecule has 0 bridgehead atoms. The lowest BCUT2D eigenvalue weighted by atomic mass is 9.86. The highest BCUT2D eigenvalue weighted by Crippen LogP contribution is 2.56. The van der Waals surface area contributed by atoms with Crippen LogP contribution < -0.4 is 0 Å². The summed E-state index contributed by atoms with van der Waals surface area (Å²) in [6.07, 6.45) is 3.70. The molecule has 0 saturated heterocycles. The number of hydrogen-bond acceptors (Lipinski definition) is 0. The van der Waals surface area contributed by atoms with Gasteiger partial charge < -0.3 is 0 Å². The molecular formula is C14H26. The first-order valence-electron chi connectivity index (χ1n) is 6.20. The Hall–Kier alpha value is -0.260. The molecule has 0 heterocycles. The Bertz CT molecular complexity index is 210. The average molecular weight is 194 g/mol. The quantitative estimate of drug-likeness (QED) is 0.577. The van der Waals surface area contributed by atoms with Crippen molar-refractivity contribution < 1.29 is 0 Å². The molecule has 1 aliphatic rings. The second-order valence-corrected chi connectivity index (χ2v) is 5.40. The minimum Gasteiger partial charge on any atom is -0.0878 e. The van der Waals surface area contributed by atoms with Gasteiger partial charge in [0.2, 0.25) is 0 Å². The zero-order valence-electron chi connectivity index (χ0n) is 10.7. The lowest BCUT2D eigenvalue weighted by molar-refractivity contribution is 0.302. The second-order valence-electron chi connectivity index (χ2n) is 5.40. The van der Waals surface area contributed by atoms with Gasteiger partial charge >= 0.3 is 0 Å². The van der Waals surface area contributed by atoms with Gasteiger partial charge in [0.1, 0.15) is 0 Å². The van der Waals surface area contributed by atoms with Crippen molar-refractivity contribution in [2.45, 2.75) is 48.0 Å². The Balaban J connectivity index is 2.70. The molecule has 0 aromatic heterocycles. The maximum absolute atomic E-state index is 2.37. The van der Waals surface area contributed by atoms with Gasteiger partial charge in [-0.05, 0) is 36.5 Å². The third kappa shape index (κ3) is 2.04. The Morgan fingerprint density at radius 2 is 1.71 bits per heavy atom. The lowest BCUT2D eigenvalue weighted by Gasteiger charge is -2.19. The van der Waals surface area contributed by atoms with E-state index >= 15 is 0 Å². The first kappa shape index (κ1) is 11.8. The Morgan fingerprint density at radius 3 is 1.93 bits per heavy atom. The summed E-state index contributed by atoms with van der Waals surface area (Å²) in [5.74, 6) is 4.38. The van der Waals surface area contributed by atoms with Crippen LogP contribution in [0.4, 0.5) is 0 Å². The highest BCUT2D eigenvalue weighted by atomic mass is 14.5. The molecule has 0 heteroatoms. The molecule has 0 aromatic rings. The van der Waals surface area contributed by atoms with Gasteiger partial charge in [-0.2, -0.15) is 0 Å². The molecule has 1 aliphatic carbocycles. The molecule has 82 valence electrons. The highest BCUT2D eigenvalue weighted by molar-refractivity contribution is 5.31. The van der Waals surface area contributed by atoms with E-state index < -0.39 is 0 Å². The van der Waals surface area contributed by atoms with Gasteiger partial charge in [-0.15, -0.1) is 0 Å². The van der Waals surface area contributed by atoms with Crippen LogP contribution in [0.2, 0.25) is 0 Å². The first-order chi connectivity index (χ1) is 6.54. The fourth-order valence-corrected chi connectivity index (χ4v) is 3.16. The maximum atomic E-state index is 2.37. The molecule has 0 amide bonds. The summed E-state index contributed by atoms with van der Waals surface area (Å²) >= 11 is 0. The standard InChI is InChI=1S/C14H26/c1-7-11(9(3)4)14-12(8-2)13(14)10(5)6/h8-11,13-14H,7H2,1-6H3. The van der Waals surface area contributed by atoms with Crippen molar-refractivity contribution in [3.05, 3.63) is 11.6 Å². The lowest BCUT2D eigenvalue weighted by Crippen LogP contribution is -2.12. The van der Waals surface area contributed by atoms with Gasteiger partial charge in [-0.25, -0.2) is 0 Å². The van der Waals surface area contributed by atoms with E-state index in [1.54, 1.807) is 5.57 Å². The topological polar surface area (TPSA) is 0 Å². The zero-order valence-corrected chi connectivity index (χ0v) is 10.7. The zero-order chi connectivity index (χ0) is 10.9. The Labute approximate surface area is 89.8 Å². The predicted octanol–water partition coefficient (Wildman–Crippen LogP) is 4.52. The average Bonchev–Trinajstić information content (AvgIpc) is 2.79. The molecule has 0 nitrogen and oxygen atoms in total. The third-order valence-electron chi connectivity index (χ3n) is 3.89. The van der Waals surface area contributed by atoms with Crippen molar-refractivity contribution in [2.75, 3.05) is 0 Å². The van der Waals surface area contributed by atoms with E-state index in [0.717, 1.165) is 29.6 Å². The van der Waals surface area contributed by atoms with E-state index in [2.05, 4.69) is 47.6 Å². The van der Waals surface area contributed by atoms with Crippen LogP contribution in [-0.4, -0.2) is 0 Å². The van der Waals surface area contributed by atoms with Gasteiger partial charge in [0.15, 0.2) is 0 Å². The highest BCUT2D eigenvalue weighted by Gasteiger charge is 2.49. The van der Waals surface area contributed by atoms with E-state index in [1.165, 1.54) is 6.42 Å². The molecule has 0 radical (unpaired) electrons. The first-order valence-corrected chi connectivity index (χ1v) is 6.20. The summed E-state index contributed by atoms with van der Waals surface area (Å²) in [6, 6.07) is 0. The minimum absolute atomic E-state index is 0.832. The third-order valence-corrected chi connectivity index (χ3v) is 3.89. The minimum atomic E-state index is 0.832. The van der Waals surface area contributed by atoms with E-state index in [-0.39, 0.29) is 0 Å². The molecule has 0 spiro atoms. The summed E-state index contributed by atoms with van der Waals surface area (Å²) in [6.45, 7) is 14.0. The van der Waals surface area contributed by atoms with Crippen LogP contribution in [0.15, 0.2) is 11.6 Å². The van der Waals surface area contributed by atoms with Crippen LogP contribution in [0.3, 0.4) is 0 Å². The molecule has 1 rings (SSSR count). The second kappa shape index (κ2) is 4.51. The summed E-state index contributed by atoms with van der Waals surface area (Å²) in [5, 5.41) is 0. The number of hydrogen-bond donors (Lipinski definition) is 0. The molecule has 1 saturated carbocycles. The van der Waals surface area contributed by atoms with Gasteiger partial charge in [0, 0.05) is 0 Å². The largest absolute Gasteiger partial charge is 0.0878 e. The number of rotatable bonds is 4. The van der Waals surface area contributed by atoms with Crippen molar-refractivity contribution >= 4 is 0 Å². The van der Waals surface area contributed by atoms with Crippen LogP contribution in [0, 0.1) is 29.6 Å². The van der Waals surface area contributed by atoms with E-state index in [4.69, 9.17) is 0 Å². The molecular weight excluding hydrogens is 168 g/mol. The monoisotopic (exact) mass is 194 g/mol. The van der Waals surface area contributed by atoms with Crippen molar-refractivity contribution in [3.63, 3.8) is 0 Å². The summed E-state index contributed by atoms with van der Waals surface area (Å²) in [7, 11) is 0. The predicted molar refractivity (Wildman–Crippen MR) is 64.2 cm³/mol. The maximum Gasteiger partial charge on any atom is -0.0101 e. The van der Waals surface area contributed by atoms with Crippen LogP contribution in [0.1, 0.15) is 48.0 Å². The molecule has 0 aromatic carbocycles. The van der Waals surface area contributed by atoms with Crippen molar-refractivity contribution in [1.29, 1.82) is 0 Å².